The number of aromatic nitrogens is 2. The second-order valence-electron chi connectivity index (χ2n) is 13.8. The van der Waals surface area contributed by atoms with E-state index in [1.807, 2.05) is 71.1 Å². The van der Waals surface area contributed by atoms with E-state index < -0.39 is 17.9 Å². The Morgan fingerprint density at radius 3 is 2.26 bits per heavy atom. The molecular formula is C43H42N4O7. The molecule has 1 aliphatic carbocycles. The zero-order valence-electron chi connectivity index (χ0n) is 30.4. The third-order valence-corrected chi connectivity index (χ3v) is 10.6. The fourth-order valence-corrected chi connectivity index (χ4v) is 8.39. The number of nitrogens with zero attached hydrogens (tertiary/aromatic N) is 3. The van der Waals surface area contributed by atoms with Crippen LogP contribution in [0.4, 0.5) is 10.6 Å². The summed E-state index contributed by atoms with van der Waals surface area (Å²) in [5.41, 5.74) is 13.3. The molecule has 3 aromatic carbocycles. The van der Waals surface area contributed by atoms with Gasteiger partial charge in [-0.1, -0.05) is 72.8 Å². The van der Waals surface area contributed by atoms with Crippen molar-refractivity contribution in [3.63, 3.8) is 0 Å². The highest BCUT2D eigenvalue weighted by atomic mass is 16.6. The second kappa shape index (κ2) is 14.7. The predicted octanol–water partition coefficient (Wildman–Crippen LogP) is 6.95. The van der Waals surface area contributed by atoms with Gasteiger partial charge >= 0.3 is 18.0 Å². The van der Waals surface area contributed by atoms with Crippen LogP contribution in [0.25, 0.3) is 16.4 Å². The first-order chi connectivity index (χ1) is 26.4. The van der Waals surface area contributed by atoms with E-state index in [9.17, 15) is 14.4 Å². The number of ether oxygens (including phenoxy) is 4. The molecule has 1 unspecified atom stereocenters. The van der Waals surface area contributed by atoms with E-state index >= 15 is 0 Å². The number of hydrogen-bond donors (Lipinski definition) is 1. The minimum Gasteiger partial charge on any atom is -0.482 e. The number of carbonyl (C=O) groups excluding carboxylic acids is 3. The molecule has 54 heavy (non-hydrogen) atoms. The molecule has 0 radical (unpaired) electrons. The summed E-state index contributed by atoms with van der Waals surface area (Å²) in [6.45, 7) is 0.611. The number of aryl methyl sites for hydroxylation is 1. The minimum atomic E-state index is -0.599. The quantitative estimate of drug-likeness (QED) is 0.152. The number of para-hydroxylation sites is 1. The molecule has 0 saturated carbocycles. The zero-order chi connectivity index (χ0) is 37.3. The van der Waals surface area contributed by atoms with Crippen LogP contribution in [0.5, 0.6) is 17.4 Å². The molecule has 0 saturated heterocycles. The van der Waals surface area contributed by atoms with E-state index in [1.165, 1.54) is 7.11 Å². The molecular weight excluding hydrogens is 684 g/mol. The molecule has 4 heterocycles. The van der Waals surface area contributed by atoms with Crippen LogP contribution in [0.3, 0.4) is 0 Å². The van der Waals surface area contributed by atoms with Crippen molar-refractivity contribution in [3.05, 3.63) is 125 Å². The van der Waals surface area contributed by atoms with Gasteiger partial charge in [0.25, 0.3) is 0 Å². The van der Waals surface area contributed by atoms with Gasteiger partial charge in [-0.15, -0.1) is 0 Å². The highest BCUT2D eigenvalue weighted by Gasteiger charge is 2.36. The molecule has 2 N–H and O–H groups in total. The van der Waals surface area contributed by atoms with Gasteiger partial charge in [-0.05, 0) is 72.9 Å². The first-order valence-corrected chi connectivity index (χ1v) is 18.3. The van der Waals surface area contributed by atoms with Gasteiger partial charge in [0.1, 0.15) is 11.6 Å². The Bertz CT molecular complexity index is 2380. The largest absolute Gasteiger partial charge is 0.482 e. The van der Waals surface area contributed by atoms with Crippen molar-refractivity contribution in [1.82, 2.24) is 8.97 Å². The highest BCUT2D eigenvalue weighted by molar-refractivity contribution is 6.00. The number of primary amides is 1. The molecule has 3 aromatic heterocycles. The van der Waals surface area contributed by atoms with Gasteiger partial charge in [0, 0.05) is 35.8 Å². The minimum absolute atomic E-state index is 0.314. The number of pyridine rings is 1. The Morgan fingerprint density at radius 1 is 0.796 bits per heavy atom. The summed E-state index contributed by atoms with van der Waals surface area (Å²) in [6.07, 6.45) is 4.33. The van der Waals surface area contributed by atoms with E-state index in [4.69, 9.17) is 24.7 Å². The lowest BCUT2D eigenvalue weighted by atomic mass is 9.85. The predicted molar refractivity (Wildman–Crippen MR) is 205 cm³/mol. The lowest BCUT2D eigenvalue weighted by Gasteiger charge is -2.28. The molecule has 0 spiro atoms. The molecule has 2 aliphatic rings. The first kappa shape index (κ1) is 34.8. The van der Waals surface area contributed by atoms with Crippen molar-refractivity contribution in [2.24, 2.45) is 5.73 Å². The number of benzene rings is 3. The fraction of sp³-hybridized carbons (Fsp3) is 0.279. The van der Waals surface area contributed by atoms with Crippen LogP contribution in [0, 0.1) is 0 Å². The Hall–Kier alpha value is -6.23. The highest BCUT2D eigenvalue weighted by Crippen LogP contribution is 2.44. The van der Waals surface area contributed by atoms with E-state index in [-0.39, 0.29) is 12.6 Å². The third-order valence-electron chi connectivity index (χ3n) is 10.6. The Balaban J connectivity index is 1.17. The van der Waals surface area contributed by atoms with Crippen molar-refractivity contribution < 1.29 is 33.3 Å². The van der Waals surface area contributed by atoms with Gasteiger partial charge in [-0.3, -0.25) is 14.1 Å². The maximum Gasteiger partial charge on any atom is 0.349 e. The second-order valence-corrected chi connectivity index (χ2v) is 13.8. The lowest BCUT2D eigenvalue weighted by Crippen LogP contribution is -2.40. The van der Waals surface area contributed by atoms with E-state index in [2.05, 4.69) is 16.7 Å². The summed E-state index contributed by atoms with van der Waals surface area (Å²) in [7, 11) is 2.99. The van der Waals surface area contributed by atoms with Crippen molar-refractivity contribution in [2.45, 2.75) is 51.0 Å². The maximum absolute atomic E-state index is 13.8. The van der Waals surface area contributed by atoms with Gasteiger partial charge in [0.15, 0.2) is 18.2 Å². The molecule has 11 nitrogen and oxygen atoms in total. The smallest absolute Gasteiger partial charge is 0.349 e. The number of urea groups is 1. The third kappa shape index (κ3) is 6.19. The topological polar surface area (TPSA) is 127 Å². The molecule has 0 bridgehead atoms. The van der Waals surface area contributed by atoms with Crippen LogP contribution in [0.1, 0.15) is 58.7 Å². The summed E-state index contributed by atoms with van der Waals surface area (Å²) >= 11 is 0. The molecule has 11 heteroatoms. The number of anilines is 1. The normalized spacial score (nSPS) is 15.1. The summed E-state index contributed by atoms with van der Waals surface area (Å²) < 4.78 is 27.6. The molecule has 2 amide bonds. The number of rotatable bonds is 10. The van der Waals surface area contributed by atoms with Crippen LogP contribution in [-0.2, 0) is 40.1 Å². The molecule has 276 valence electrons. The number of esters is 2. The molecule has 1 atom stereocenters. The van der Waals surface area contributed by atoms with Crippen LogP contribution in [0.15, 0.2) is 91.0 Å². The summed E-state index contributed by atoms with van der Waals surface area (Å²) in [6, 6.07) is 28.8. The number of methoxy groups -OCH3 is 2. The number of fused-ring (bicyclic) bond motifs is 6. The SMILES string of the molecule is COC(=O)C1CCCc2c(Cc3ccccc3)c3c(OC(=O)COc4cccc5c6c(n(Cc7ccccc7)c45)N(C(N)=O)CCC6)ccc(OC)n3c21. The maximum atomic E-state index is 13.8. The fourth-order valence-electron chi connectivity index (χ4n) is 8.39. The van der Waals surface area contributed by atoms with Gasteiger partial charge in [-0.25, -0.2) is 9.59 Å². The number of carbonyl (C=O) groups is 3. The summed E-state index contributed by atoms with van der Waals surface area (Å²) in [4.78, 5) is 41.3. The van der Waals surface area contributed by atoms with E-state index in [0.29, 0.717) is 48.8 Å². The first-order valence-electron chi connectivity index (χ1n) is 18.3. The molecule has 8 rings (SSSR count). The molecule has 1 aliphatic heterocycles. The summed E-state index contributed by atoms with van der Waals surface area (Å²) in [5, 5.41) is 0.944. The van der Waals surface area contributed by atoms with Gasteiger partial charge in [0.05, 0.1) is 31.2 Å². The van der Waals surface area contributed by atoms with Crippen LogP contribution >= 0.6 is 0 Å². The van der Waals surface area contributed by atoms with Crippen molar-refractivity contribution in [1.29, 1.82) is 0 Å². The van der Waals surface area contributed by atoms with Crippen molar-refractivity contribution in [3.8, 4) is 17.4 Å². The standard InChI is InChI=1S/C43H42N4O7/c1-51-36-22-21-35(40-33(24-27-12-5-3-6-13-27)30-16-9-18-32(42(49)52-2)38(30)47(36)40)54-37(48)26-53-34-20-10-17-29-31-19-11-23-45(43(44)50)41(31)46(39(29)34)25-28-14-7-4-8-15-28/h3-8,10,12-15,17,20-22,32H,9,11,16,18-19,23-26H2,1-2H3,(H2,44,50). The van der Waals surface area contributed by atoms with E-state index in [1.54, 1.807) is 24.1 Å². The van der Waals surface area contributed by atoms with E-state index in [0.717, 1.165) is 75.9 Å². The number of hydrogen-bond acceptors (Lipinski definition) is 7. The van der Waals surface area contributed by atoms with Gasteiger partial charge in [0.2, 0.25) is 0 Å². The van der Waals surface area contributed by atoms with Gasteiger partial charge in [-0.2, -0.15) is 0 Å². The van der Waals surface area contributed by atoms with Crippen LogP contribution < -0.4 is 24.8 Å². The summed E-state index contributed by atoms with van der Waals surface area (Å²) in [5.74, 6) is 0.689. The Kier molecular flexibility index (Phi) is 9.45. The van der Waals surface area contributed by atoms with Gasteiger partial charge < -0.3 is 29.2 Å². The van der Waals surface area contributed by atoms with Crippen molar-refractivity contribution in [2.75, 3.05) is 32.3 Å². The zero-order valence-corrected chi connectivity index (χ0v) is 30.4. The average molecular weight is 727 g/mol. The number of nitrogens with two attached hydrogens (primary N) is 1. The Labute approximate surface area is 312 Å². The number of amides is 2. The average Bonchev–Trinajstić information content (AvgIpc) is 3.71. The van der Waals surface area contributed by atoms with Crippen molar-refractivity contribution >= 4 is 40.2 Å². The van der Waals surface area contributed by atoms with Crippen LogP contribution in [-0.4, -0.2) is 54.3 Å². The molecule has 6 aromatic rings. The lowest BCUT2D eigenvalue weighted by molar-refractivity contribution is -0.143. The Morgan fingerprint density at radius 2 is 1.54 bits per heavy atom. The van der Waals surface area contributed by atoms with Crippen LogP contribution in [0.2, 0.25) is 0 Å². The monoisotopic (exact) mass is 726 g/mol. The molecule has 0 fully saturated rings.